The van der Waals surface area contributed by atoms with Crippen LogP contribution in [-0.4, -0.2) is 48.6 Å². The van der Waals surface area contributed by atoms with Crippen LogP contribution in [0.1, 0.15) is 27.7 Å². The zero-order valence-electron chi connectivity index (χ0n) is 11.5. The Kier molecular flexibility index (Phi) is 8.69. The first kappa shape index (κ1) is 18.4. The van der Waals surface area contributed by atoms with E-state index >= 15 is 0 Å². The number of alkyl halides is 1. The lowest BCUT2D eigenvalue weighted by Gasteiger charge is -2.33. The van der Waals surface area contributed by atoms with Gasteiger partial charge in [-0.25, -0.2) is 0 Å². The Labute approximate surface area is 114 Å². The van der Waals surface area contributed by atoms with Gasteiger partial charge >= 0.3 is 0 Å². The van der Waals surface area contributed by atoms with Gasteiger partial charge in [0.25, 0.3) is 5.97 Å². The fraction of sp³-hybridized carbons (Fsp3) is 1.00. The third-order valence-electron chi connectivity index (χ3n) is 2.29. The molecule has 5 nitrogen and oxygen atoms in total. The number of hydrogen-bond acceptors (Lipinski definition) is 5. The average Bonchev–Trinajstić information content (AvgIpc) is 2.28. The minimum atomic E-state index is -3.04. The molecule has 1 N–H and O–H groups in total. The lowest BCUT2D eigenvalue weighted by molar-refractivity contribution is -0.328. The van der Waals surface area contributed by atoms with E-state index in [2.05, 4.69) is 0 Å². The highest BCUT2D eigenvalue weighted by Crippen LogP contribution is 2.51. The van der Waals surface area contributed by atoms with E-state index in [0.29, 0.717) is 13.2 Å². The Hall–Kier alpha value is 0.360. The van der Waals surface area contributed by atoms with E-state index in [0.717, 1.165) is 0 Å². The zero-order valence-corrected chi connectivity index (χ0v) is 13.2. The normalized spacial score (nSPS) is 17.4. The molecular weight excluding hydrogens is 279 g/mol. The van der Waals surface area contributed by atoms with E-state index in [4.69, 9.17) is 25.6 Å². The molecule has 0 aromatic carbocycles. The molecule has 2 atom stereocenters. The van der Waals surface area contributed by atoms with Crippen molar-refractivity contribution < 1.29 is 23.7 Å². The van der Waals surface area contributed by atoms with Gasteiger partial charge in [0.05, 0.1) is 12.3 Å². The highest BCUT2D eigenvalue weighted by molar-refractivity contribution is 7.59. The summed E-state index contributed by atoms with van der Waals surface area (Å²) < 4.78 is 28.7. The maximum atomic E-state index is 12.5. The SMILES string of the molecule is CCOC(C)(OCC)OP(=O)(CC)C[C@H](O)CCl. The van der Waals surface area contributed by atoms with Crippen LogP contribution in [0.15, 0.2) is 0 Å². The van der Waals surface area contributed by atoms with Crippen molar-refractivity contribution in [1.29, 1.82) is 0 Å². The molecule has 0 aromatic rings. The van der Waals surface area contributed by atoms with Gasteiger partial charge in [-0.2, -0.15) is 0 Å². The first-order valence-corrected chi connectivity index (χ1v) is 8.68. The zero-order chi connectivity index (χ0) is 14.2. The Balaban J connectivity index is 4.78. The molecule has 18 heavy (non-hydrogen) atoms. The highest BCUT2D eigenvalue weighted by Gasteiger charge is 2.37. The predicted octanol–water partition coefficient (Wildman–Crippen LogP) is 2.65. The molecule has 0 radical (unpaired) electrons. The molecule has 0 spiro atoms. The van der Waals surface area contributed by atoms with Gasteiger partial charge < -0.3 is 14.6 Å². The molecule has 0 aromatic heterocycles. The smallest absolute Gasteiger partial charge is 0.285 e. The number of hydrogen-bond donors (Lipinski definition) is 1. The van der Waals surface area contributed by atoms with Gasteiger partial charge in [-0.3, -0.25) is 9.09 Å². The quantitative estimate of drug-likeness (QED) is 0.382. The van der Waals surface area contributed by atoms with Gasteiger partial charge in [0, 0.05) is 32.2 Å². The molecule has 110 valence electrons. The van der Waals surface area contributed by atoms with E-state index in [1.165, 1.54) is 0 Å². The summed E-state index contributed by atoms with van der Waals surface area (Å²) in [6, 6.07) is 0. The van der Waals surface area contributed by atoms with Crippen LogP contribution in [0.3, 0.4) is 0 Å². The molecule has 0 aliphatic rings. The molecule has 0 fully saturated rings. The maximum Gasteiger partial charge on any atom is 0.285 e. The number of aliphatic hydroxyl groups excluding tert-OH is 1. The van der Waals surface area contributed by atoms with Crippen molar-refractivity contribution in [3.05, 3.63) is 0 Å². The number of ether oxygens (including phenoxy) is 2. The number of halogens is 1. The second kappa shape index (κ2) is 8.51. The van der Waals surface area contributed by atoms with E-state index in [-0.39, 0.29) is 18.2 Å². The van der Waals surface area contributed by atoms with Crippen LogP contribution >= 0.6 is 19.0 Å². The van der Waals surface area contributed by atoms with Crippen LogP contribution in [0, 0.1) is 0 Å². The Morgan fingerprint density at radius 3 is 2.11 bits per heavy atom. The summed E-state index contributed by atoms with van der Waals surface area (Å²) in [7, 11) is -3.04. The van der Waals surface area contributed by atoms with Crippen molar-refractivity contribution in [2.45, 2.75) is 39.8 Å². The van der Waals surface area contributed by atoms with Gasteiger partial charge in [-0.15, -0.1) is 11.6 Å². The van der Waals surface area contributed by atoms with Crippen molar-refractivity contribution in [3.8, 4) is 0 Å². The molecular formula is C11H24ClO5P. The van der Waals surface area contributed by atoms with Crippen molar-refractivity contribution in [1.82, 2.24) is 0 Å². The summed E-state index contributed by atoms with van der Waals surface area (Å²) >= 11 is 5.52. The number of rotatable bonds is 10. The third-order valence-corrected chi connectivity index (χ3v) is 5.26. The average molecular weight is 303 g/mol. The Bertz CT molecular complexity index is 268. The molecule has 0 saturated heterocycles. The summed E-state index contributed by atoms with van der Waals surface area (Å²) in [5.74, 6) is -1.32. The molecule has 0 amide bonds. The lowest BCUT2D eigenvalue weighted by atomic mass is 10.5. The van der Waals surface area contributed by atoms with E-state index < -0.39 is 19.4 Å². The van der Waals surface area contributed by atoms with Gasteiger partial charge in [0.2, 0.25) is 7.37 Å². The van der Waals surface area contributed by atoms with Crippen LogP contribution in [0.25, 0.3) is 0 Å². The van der Waals surface area contributed by atoms with Crippen molar-refractivity contribution in [2.24, 2.45) is 0 Å². The van der Waals surface area contributed by atoms with Crippen LogP contribution in [0.4, 0.5) is 0 Å². The number of aliphatic hydroxyl groups is 1. The maximum absolute atomic E-state index is 12.5. The molecule has 0 saturated carbocycles. The first-order valence-electron chi connectivity index (χ1n) is 6.15. The minimum absolute atomic E-state index is 0.00272. The van der Waals surface area contributed by atoms with E-state index in [9.17, 15) is 9.67 Å². The summed E-state index contributed by atoms with van der Waals surface area (Å²) in [5, 5.41) is 9.52. The Morgan fingerprint density at radius 2 is 1.78 bits per heavy atom. The third kappa shape index (κ3) is 6.50. The molecule has 0 bridgehead atoms. The predicted molar refractivity (Wildman–Crippen MR) is 72.5 cm³/mol. The molecule has 7 heteroatoms. The van der Waals surface area contributed by atoms with Gasteiger partial charge in [-0.05, 0) is 13.8 Å². The van der Waals surface area contributed by atoms with Gasteiger partial charge in [-0.1, -0.05) is 6.92 Å². The topological polar surface area (TPSA) is 65.0 Å². The van der Waals surface area contributed by atoms with Gasteiger partial charge in [0.1, 0.15) is 0 Å². The monoisotopic (exact) mass is 302 g/mol. The van der Waals surface area contributed by atoms with Crippen molar-refractivity contribution in [3.63, 3.8) is 0 Å². The highest BCUT2D eigenvalue weighted by atomic mass is 35.5. The molecule has 1 unspecified atom stereocenters. The van der Waals surface area contributed by atoms with Crippen LogP contribution < -0.4 is 0 Å². The van der Waals surface area contributed by atoms with Crippen LogP contribution in [-0.2, 0) is 18.6 Å². The summed E-state index contributed by atoms with van der Waals surface area (Å²) in [4.78, 5) is 0. The fourth-order valence-corrected chi connectivity index (χ4v) is 3.73. The van der Waals surface area contributed by atoms with E-state index in [1.54, 1.807) is 27.7 Å². The van der Waals surface area contributed by atoms with E-state index in [1.807, 2.05) is 0 Å². The second-order valence-corrected chi connectivity index (χ2v) is 7.06. The largest absolute Gasteiger partial charge is 0.391 e. The fourth-order valence-electron chi connectivity index (χ4n) is 1.52. The van der Waals surface area contributed by atoms with Crippen molar-refractivity contribution >= 4 is 19.0 Å². The van der Waals surface area contributed by atoms with Gasteiger partial charge in [0.15, 0.2) is 0 Å². The molecule has 0 aliphatic heterocycles. The summed E-state index contributed by atoms with van der Waals surface area (Å²) in [6.07, 6.45) is -0.565. The summed E-state index contributed by atoms with van der Waals surface area (Å²) in [6.45, 7) is 7.65. The molecule has 0 aliphatic carbocycles. The standard InChI is InChI=1S/C11H24ClO5P/c1-5-15-11(4,16-6-2)17-18(14,7-3)9-10(13)8-12/h10,13H,5-9H2,1-4H3/t10-,18?/m1/s1. The van der Waals surface area contributed by atoms with Crippen molar-refractivity contribution in [2.75, 3.05) is 31.4 Å². The molecule has 0 rings (SSSR count). The minimum Gasteiger partial charge on any atom is -0.391 e. The first-order chi connectivity index (χ1) is 8.34. The summed E-state index contributed by atoms with van der Waals surface area (Å²) in [5.41, 5.74) is 0. The van der Waals surface area contributed by atoms with Crippen LogP contribution in [0.5, 0.6) is 0 Å². The lowest BCUT2D eigenvalue weighted by Crippen LogP contribution is -2.36. The molecule has 0 heterocycles. The van der Waals surface area contributed by atoms with Crippen LogP contribution in [0.2, 0.25) is 0 Å². The Morgan fingerprint density at radius 1 is 1.28 bits per heavy atom. The second-order valence-electron chi connectivity index (χ2n) is 3.94.